The van der Waals surface area contributed by atoms with Crippen molar-refractivity contribution < 1.29 is 9.59 Å². The second-order valence-electron chi connectivity index (χ2n) is 3.10. The lowest BCUT2D eigenvalue weighted by Crippen LogP contribution is -1.86. The summed E-state index contributed by atoms with van der Waals surface area (Å²) in [5.74, 6) is 0.607. The molecule has 0 saturated carbocycles. The lowest BCUT2D eigenvalue weighted by molar-refractivity contribution is -0.109. The average molecular weight is 255 g/mol. The van der Waals surface area contributed by atoms with Gasteiger partial charge in [0.1, 0.15) is 0 Å². The van der Waals surface area contributed by atoms with Gasteiger partial charge in [0.05, 0.1) is 0 Å². The quantitative estimate of drug-likeness (QED) is 0.772. The van der Waals surface area contributed by atoms with E-state index in [2.05, 4.69) is 0 Å². The van der Waals surface area contributed by atoms with Gasteiger partial charge in [-0.05, 0) is 17.7 Å². The molecule has 0 unspecified atom stereocenters. The molecular weight excluding hydrogens is 244 g/mol. The van der Waals surface area contributed by atoms with Crippen molar-refractivity contribution in [3.63, 3.8) is 0 Å². The minimum atomic E-state index is 0.0800. The molecule has 0 amide bonds. The number of hydrogen-bond acceptors (Lipinski definition) is 3. The van der Waals surface area contributed by atoms with Crippen molar-refractivity contribution in [2.75, 3.05) is 5.75 Å². The molecule has 0 aliphatic heterocycles. The fourth-order valence-corrected chi connectivity index (χ4v) is 1.75. The molecule has 0 heterocycles. The van der Waals surface area contributed by atoms with Gasteiger partial charge in [-0.15, -0.1) is 0 Å². The molecule has 0 aromatic heterocycles. The monoisotopic (exact) mass is 254 g/mol. The van der Waals surface area contributed by atoms with E-state index in [9.17, 15) is 9.59 Å². The maximum Gasteiger partial charge on any atom is 0.186 e. The van der Waals surface area contributed by atoms with E-state index in [1.54, 1.807) is 18.2 Å². The third-order valence-electron chi connectivity index (χ3n) is 1.86. The number of benzene rings is 1. The third-order valence-corrected chi connectivity index (χ3v) is 2.86. The van der Waals surface area contributed by atoms with E-state index in [-0.39, 0.29) is 5.12 Å². The number of thioether (sulfide) groups is 1. The van der Waals surface area contributed by atoms with Crippen LogP contribution in [0.25, 0.3) is 6.08 Å². The highest BCUT2D eigenvalue weighted by Crippen LogP contribution is 2.16. The van der Waals surface area contributed by atoms with Crippen LogP contribution >= 0.6 is 23.4 Å². The van der Waals surface area contributed by atoms with Crippen molar-refractivity contribution in [1.29, 1.82) is 0 Å². The smallest absolute Gasteiger partial charge is 0.186 e. The molecule has 1 rings (SSSR count). The van der Waals surface area contributed by atoms with Gasteiger partial charge in [-0.1, -0.05) is 41.6 Å². The van der Waals surface area contributed by atoms with Crippen LogP contribution in [-0.2, 0) is 4.79 Å². The van der Waals surface area contributed by atoms with Crippen molar-refractivity contribution >= 4 is 40.8 Å². The number of aldehydes is 1. The van der Waals surface area contributed by atoms with E-state index < -0.39 is 0 Å². The van der Waals surface area contributed by atoms with Crippen LogP contribution in [0.1, 0.15) is 22.8 Å². The summed E-state index contributed by atoms with van der Waals surface area (Å²) in [5, 5.41) is 0.619. The molecule has 4 heteroatoms. The number of rotatable bonds is 4. The van der Waals surface area contributed by atoms with E-state index in [1.165, 1.54) is 18.7 Å². The predicted octanol–water partition coefficient (Wildman–Crippen LogP) is 3.45. The lowest BCUT2D eigenvalue weighted by Gasteiger charge is -1.99. The second kappa shape index (κ2) is 6.51. The minimum absolute atomic E-state index is 0.0800. The van der Waals surface area contributed by atoms with E-state index in [0.717, 1.165) is 11.8 Å². The molecular formula is C12H11ClO2S. The summed E-state index contributed by atoms with van der Waals surface area (Å²) in [6.07, 6.45) is 4.43. The van der Waals surface area contributed by atoms with Gasteiger partial charge < -0.3 is 0 Å². The van der Waals surface area contributed by atoms with Crippen LogP contribution in [0.15, 0.2) is 24.3 Å². The lowest BCUT2D eigenvalue weighted by atomic mass is 10.1. The summed E-state index contributed by atoms with van der Waals surface area (Å²) in [5.41, 5.74) is 1.36. The summed E-state index contributed by atoms with van der Waals surface area (Å²) in [4.78, 5) is 21.4. The number of carbonyl (C=O) groups excluding carboxylic acids is 2. The highest BCUT2D eigenvalue weighted by Gasteiger charge is 1.99. The van der Waals surface area contributed by atoms with Crippen molar-refractivity contribution in [1.82, 2.24) is 0 Å². The zero-order valence-corrected chi connectivity index (χ0v) is 10.3. The first-order valence-electron chi connectivity index (χ1n) is 4.68. The SMILES string of the molecule is CC(=O)SCC=Cc1ccc(Cl)cc1C=O. The summed E-state index contributed by atoms with van der Waals surface area (Å²) in [6, 6.07) is 5.12. The molecule has 0 bridgehead atoms. The molecule has 0 atom stereocenters. The Balaban J connectivity index is 2.72. The fourth-order valence-electron chi connectivity index (χ4n) is 1.14. The van der Waals surface area contributed by atoms with Crippen LogP contribution in [0.5, 0.6) is 0 Å². The zero-order valence-electron chi connectivity index (χ0n) is 8.77. The standard InChI is InChI=1S/C12H11ClO2S/c1-9(15)16-6-2-3-10-4-5-12(13)7-11(10)8-14/h2-5,7-8H,6H2,1H3. The van der Waals surface area contributed by atoms with Gasteiger partial charge in [-0.2, -0.15) is 0 Å². The average Bonchev–Trinajstić information content (AvgIpc) is 2.25. The van der Waals surface area contributed by atoms with Crippen LogP contribution in [0.3, 0.4) is 0 Å². The molecule has 0 aliphatic rings. The van der Waals surface area contributed by atoms with Gasteiger partial charge in [-0.25, -0.2) is 0 Å². The molecule has 0 aliphatic carbocycles. The van der Waals surface area contributed by atoms with Crippen molar-refractivity contribution in [3.05, 3.63) is 40.4 Å². The molecule has 0 saturated heterocycles. The zero-order chi connectivity index (χ0) is 12.0. The highest BCUT2D eigenvalue weighted by atomic mass is 35.5. The molecule has 1 aromatic rings. The minimum Gasteiger partial charge on any atom is -0.298 e. The van der Waals surface area contributed by atoms with Gasteiger partial charge in [-0.3, -0.25) is 9.59 Å². The van der Waals surface area contributed by atoms with Gasteiger partial charge in [0, 0.05) is 23.3 Å². The maximum absolute atomic E-state index is 10.8. The summed E-state index contributed by atoms with van der Waals surface area (Å²) >= 11 is 6.99. The molecule has 0 radical (unpaired) electrons. The van der Waals surface area contributed by atoms with Crippen LogP contribution in [0.4, 0.5) is 0 Å². The van der Waals surface area contributed by atoms with Gasteiger partial charge in [0.25, 0.3) is 0 Å². The van der Waals surface area contributed by atoms with E-state index >= 15 is 0 Å². The highest BCUT2D eigenvalue weighted by molar-refractivity contribution is 8.13. The molecule has 16 heavy (non-hydrogen) atoms. The molecule has 0 spiro atoms. The Morgan fingerprint density at radius 3 is 2.81 bits per heavy atom. The second-order valence-corrected chi connectivity index (χ2v) is 4.73. The Bertz CT molecular complexity index is 427. The van der Waals surface area contributed by atoms with Crippen LogP contribution < -0.4 is 0 Å². The van der Waals surface area contributed by atoms with Gasteiger partial charge in [0.2, 0.25) is 0 Å². The Morgan fingerprint density at radius 1 is 1.44 bits per heavy atom. The Hall–Kier alpha value is -1.06. The summed E-state index contributed by atoms with van der Waals surface area (Å²) in [6.45, 7) is 1.53. The van der Waals surface area contributed by atoms with E-state index in [4.69, 9.17) is 11.6 Å². The molecule has 0 N–H and O–H groups in total. The topological polar surface area (TPSA) is 34.1 Å². The predicted molar refractivity (Wildman–Crippen MR) is 69.0 cm³/mol. The fraction of sp³-hybridized carbons (Fsp3) is 0.167. The molecule has 0 fully saturated rings. The third kappa shape index (κ3) is 4.21. The van der Waals surface area contributed by atoms with Crippen LogP contribution in [-0.4, -0.2) is 17.2 Å². The largest absolute Gasteiger partial charge is 0.298 e. The van der Waals surface area contributed by atoms with Crippen molar-refractivity contribution in [2.24, 2.45) is 0 Å². The normalized spacial score (nSPS) is 10.6. The van der Waals surface area contributed by atoms with Gasteiger partial charge in [0.15, 0.2) is 11.4 Å². The molecule has 1 aromatic carbocycles. The maximum atomic E-state index is 10.8. The first-order valence-corrected chi connectivity index (χ1v) is 6.04. The number of carbonyl (C=O) groups is 2. The first kappa shape index (κ1) is 13.0. The summed E-state index contributed by atoms with van der Waals surface area (Å²) < 4.78 is 0. The number of hydrogen-bond donors (Lipinski definition) is 0. The Morgan fingerprint density at radius 2 is 2.19 bits per heavy atom. The number of halogens is 1. The van der Waals surface area contributed by atoms with Crippen molar-refractivity contribution in [2.45, 2.75) is 6.92 Å². The molecule has 2 nitrogen and oxygen atoms in total. The van der Waals surface area contributed by atoms with Crippen molar-refractivity contribution in [3.8, 4) is 0 Å². The Labute approximate surface area is 104 Å². The summed E-state index contributed by atoms with van der Waals surface area (Å²) in [7, 11) is 0. The van der Waals surface area contributed by atoms with E-state index in [0.29, 0.717) is 16.3 Å². The first-order chi connectivity index (χ1) is 7.63. The van der Waals surface area contributed by atoms with Crippen LogP contribution in [0, 0.1) is 0 Å². The van der Waals surface area contributed by atoms with Crippen LogP contribution in [0.2, 0.25) is 5.02 Å². The Kier molecular flexibility index (Phi) is 5.29. The van der Waals surface area contributed by atoms with E-state index in [1.807, 2.05) is 12.2 Å². The molecule has 84 valence electrons. The van der Waals surface area contributed by atoms with Gasteiger partial charge >= 0.3 is 0 Å².